The van der Waals surface area contributed by atoms with Crippen molar-refractivity contribution in [2.24, 2.45) is 5.92 Å². The Morgan fingerprint density at radius 3 is 2.30 bits per heavy atom. The van der Waals surface area contributed by atoms with Crippen molar-refractivity contribution in [3.8, 4) is 0 Å². The maximum atomic E-state index is 12.1. The largest absolute Gasteiger partial charge is 0.463 e. The normalized spacial score (nSPS) is 13.0. The molecule has 0 aliphatic carbocycles. The summed E-state index contributed by atoms with van der Waals surface area (Å²) in [5, 5.41) is 3.04. The van der Waals surface area contributed by atoms with Crippen molar-refractivity contribution in [3.63, 3.8) is 0 Å². The summed E-state index contributed by atoms with van der Waals surface area (Å²) in [6, 6.07) is -0.109. The predicted octanol–water partition coefficient (Wildman–Crippen LogP) is 4.39. The molecule has 0 aromatic rings. The molecule has 0 saturated carbocycles. The van der Waals surface area contributed by atoms with Crippen LogP contribution in [-0.4, -0.2) is 24.5 Å². The van der Waals surface area contributed by atoms with E-state index >= 15 is 0 Å². The van der Waals surface area contributed by atoms with Gasteiger partial charge >= 0.3 is 5.97 Å². The summed E-state index contributed by atoms with van der Waals surface area (Å²) < 4.78 is 5.00. The maximum Gasteiger partial charge on any atom is 0.333 e. The molecule has 1 amide bonds. The number of amides is 1. The fourth-order valence-corrected chi connectivity index (χ4v) is 2.46. The number of esters is 1. The topological polar surface area (TPSA) is 55.4 Å². The molecule has 134 valence electrons. The minimum atomic E-state index is -0.310. The van der Waals surface area contributed by atoms with Crippen LogP contribution in [0.15, 0.2) is 11.6 Å². The summed E-state index contributed by atoms with van der Waals surface area (Å²) in [5.41, 5.74) is 0.556. The summed E-state index contributed by atoms with van der Waals surface area (Å²) in [5.74, 6) is 0.200. The van der Waals surface area contributed by atoms with Crippen LogP contribution in [0.4, 0.5) is 0 Å². The number of carbonyl (C=O) groups excluding carboxylic acids is 2. The molecule has 0 aromatic carbocycles. The molecule has 0 heterocycles. The van der Waals surface area contributed by atoms with E-state index in [-0.39, 0.29) is 17.9 Å². The van der Waals surface area contributed by atoms with Crippen LogP contribution in [0.1, 0.15) is 79.6 Å². The number of carbonyl (C=O) groups is 2. The first kappa shape index (κ1) is 21.7. The molecular weight excluding hydrogens is 290 g/mol. The van der Waals surface area contributed by atoms with Crippen LogP contribution in [0.5, 0.6) is 0 Å². The molecule has 0 spiro atoms. The van der Waals surface area contributed by atoms with Crippen molar-refractivity contribution in [2.75, 3.05) is 6.61 Å². The second-order valence-electron chi connectivity index (χ2n) is 6.54. The Hall–Kier alpha value is -1.32. The summed E-state index contributed by atoms with van der Waals surface area (Å²) >= 11 is 0. The molecule has 4 heteroatoms. The molecule has 0 aliphatic heterocycles. The highest BCUT2D eigenvalue weighted by Gasteiger charge is 2.14. The van der Waals surface area contributed by atoms with Gasteiger partial charge in [-0.25, -0.2) is 4.79 Å². The lowest BCUT2D eigenvalue weighted by Gasteiger charge is -2.18. The fraction of sp³-hybridized carbons (Fsp3) is 0.789. The van der Waals surface area contributed by atoms with Crippen molar-refractivity contribution in [1.82, 2.24) is 5.32 Å². The van der Waals surface area contributed by atoms with Crippen molar-refractivity contribution in [2.45, 2.75) is 85.6 Å². The predicted molar refractivity (Wildman–Crippen MR) is 95.2 cm³/mol. The lowest BCUT2D eigenvalue weighted by atomic mass is 10.0. The minimum absolute atomic E-state index is 0.0695. The zero-order valence-corrected chi connectivity index (χ0v) is 15.6. The first-order chi connectivity index (χ1) is 10.9. The van der Waals surface area contributed by atoms with Gasteiger partial charge in [0.05, 0.1) is 6.61 Å². The molecule has 23 heavy (non-hydrogen) atoms. The van der Waals surface area contributed by atoms with Gasteiger partial charge in [-0.2, -0.15) is 0 Å². The third-order valence-corrected chi connectivity index (χ3v) is 3.63. The third-order valence-electron chi connectivity index (χ3n) is 3.63. The molecule has 0 bridgehead atoms. The number of hydrogen-bond donors (Lipinski definition) is 1. The fourth-order valence-electron chi connectivity index (χ4n) is 2.46. The first-order valence-electron chi connectivity index (χ1n) is 9.05. The lowest BCUT2D eigenvalue weighted by molar-refractivity contribution is -0.138. The van der Waals surface area contributed by atoms with Crippen LogP contribution in [0.25, 0.3) is 0 Å². The molecule has 0 saturated heterocycles. The molecule has 0 aliphatic rings. The Balaban J connectivity index is 4.46. The van der Waals surface area contributed by atoms with E-state index in [9.17, 15) is 9.59 Å². The van der Waals surface area contributed by atoms with Gasteiger partial charge in [-0.15, -0.1) is 0 Å². The van der Waals surface area contributed by atoms with Crippen molar-refractivity contribution < 1.29 is 14.3 Å². The summed E-state index contributed by atoms with van der Waals surface area (Å²) in [6.45, 7) is 10.3. The van der Waals surface area contributed by atoms with Gasteiger partial charge in [0.2, 0.25) is 5.91 Å². The standard InChI is InChI=1S/C19H35NO3/c1-6-8-9-10-11-12-18(21)20-17(13-15(3)4)14-16(5)19(22)23-7-2/h14-15,17H,6-13H2,1-5H3,(H,20,21)/t17-/m1/s1. The Morgan fingerprint density at radius 2 is 1.74 bits per heavy atom. The highest BCUT2D eigenvalue weighted by molar-refractivity contribution is 5.88. The number of nitrogens with one attached hydrogen (secondary N) is 1. The zero-order valence-electron chi connectivity index (χ0n) is 15.6. The van der Waals surface area contributed by atoms with E-state index in [4.69, 9.17) is 4.74 Å². The molecule has 1 atom stereocenters. The molecule has 0 aromatic heterocycles. The molecular formula is C19H35NO3. The van der Waals surface area contributed by atoms with Crippen LogP contribution < -0.4 is 5.32 Å². The number of hydrogen-bond acceptors (Lipinski definition) is 3. The second kappa shape index (κ2) is 13.1. The van der Waals surface area contributed by atoms with Crippen LogP contribution in [-0.2, 0) is 14.3 Å². The van der Waals surface area contributed by atoms with E-state index in [1.54, 1.807) is 13.8 Å². The van der Waals surface area contributed by atoms with E-state index in [1.807, 2.05) is 6.08 Å². The SMILES string of the molecule is CCCCCCCC(=O)N[C@@H](C=C(C)C(=O)OCC)CC(C)C. The molecule has 0 unspecified atom stereocenters. The molecule has 0 fully saturated rings. The number of unbranched alkanes of at least 4 members (excludes halogenated alkanes) is 4. The van der Waals surface area contributed by atoms with E-state index in [0.717, 1.165) is 19.3 Å². The molecule has 1 N–H and O–H groups in total. The first-order valence-corrected chi connectivity index (χ1v) is 9.05. The molecule has 0 rings (SSSR count). The van der Waals surface area contributed by atoms with Gasteiger partial charge in [-0.05, 0) is 32.6 Å². The molecule has 4 nitrogen and oxygen atoms in total. The second-order valence-corrected chi connectivity index (χ2v) is 6.54. The van der Waals surface area contributed by atoms with Crippen LogP contribution in [0, 0.1) is 5.92 Å². The van der Waals surface area contributed by atoms with Gasteiger partial charge in [0.1, 0.15) is 0 Å². The van der Waals surface area contributed by atoms with Crippen molar-refractivity contribution in [1.29, 1.82) is 0 Å². The van der Waals surface area contributed by atoms with Gasteiger partial charge in [0.15, 0.2) is 0 Å². The van der Waals surface area contributed by atoms with Gasteiger partial charge in [-0.1, -0.05) is 52.5 Å². The summed E-state index contributed by atoms with van der Waals surface area (Å²) in [7, 11) is 0. The Morgan fingerprint density at radius 1 is 1.09 bits per heavy atom. The lowest BCUT2D eigenvalue weighted by Crippen LogP contribution is -2.34. The van der Waals surface area contributed by atoms with E-state index in [1.165, 1.54) is 19.3 Å². The Bertz CT molecular complexity index is 375. The highest BCUT2D eigenvalue weighted by Crippen LogP contribution is 2.11. The van der Waals surface area contributed by atoms with Crippen LogP contribution >= 0.6 is 0 Å². The number of rotatable bonds is 12. The zero-order chi connectivity index (χ0) is 17.7. The quantitative estimate of drug-likeness (QED) is 0.329. The van der Waals surface area contributed by atoms with Gasteiger partial charge < -0.3 is 10.1 Å². The van der Waals surface area contributed by atoms with Crippen molar-refractivity contribution >= 4 is 11.9 Å². The Labute approximate surface area is 142 Å². The minimum Gasteiger partial charge on any atom is -0.463 e. The summed E-state index contributed by atoms with van der Waals surface area (Å²) in [4.78, 5) is 23.8. The van der Waals surface area contributed by atoms with Gasteiger partial charge in [0.25, 0.3) is 0 Å². The number of ether oxygens (including phenoxy) is 1. The van der Waals surface area contributed by atoms with Gasteiger partial charge in [-0.3, -0.25) is 4.79 Å². The van der Waals surface area contributed by atoms with E-state index < -0.39 is 0 Å². The average molecular weight is 325 g/mol. The van der Waals surface area contributed by atoms with Crippen LogP contribution in [0.2, 0.25) is 0 Å². The van der Waals surface area contributed by atoms with Gasteiger partial charge in [0, 0.05) is 18.0 Å². The molecule has 0 radical (unpaired) electrons. The van der Waals surface area contributed by atoms with Crippen LogP contribution in [0.3, 0.4) is 0 Å². The van der Waals surface area contributed by atoms with E-state index in [2.05, 4.69) is 26.1 Å². The highest BCUT2D eigenvalue weighted by atomic mass is 16.5. The van der Waals surface area contributed by atoms with Crippen molar-refractivity contribution in [3.05, 3.63) is 11.6 Å². The average Bonchev–Trinajstić information content (AvgIpc) is 2.46. The maximum absolute atomic E-state index is 12.1. The van der Waals surface area contributed by atoms with E-state index in [0.29, 0.717) is 24.5 Å². The third kappa shape index (κ3) is 11.8. The Kier molecular flexibility index (Phi) is 12.4. The summed E-state index contributed by atoms with van der Waals surface area (Å²) in [6.07, 6.45) is 8.88. The monoisotopic (exact) mass is 325 g/mol. The smallest absolute Gasteiger partial charge is 0.333 e.